The zero-order chi connectivity index (χ0) is 23.5. The van der Waals surface area contributed by atoms with Crippen molar-refractivity contribution < 1.29 is 18.7 Å². The summed E-state index contributed by atoms with van der Waals surface area (Å²) in [7, 11) is 0. The number of ether oxygens (including phenoxy) is 1. The van der Waals surface area contributed by atoms with Crippen molar-refractivity contribution >= 4 is 39.5 Å². The molecule has 6 nitrogen and oxygen atoms in total. The predicted octanol–water partition coefficient (Wildman–Crippen LogP) is 5.00. The SMILES string of the molecule is CCOc1cc2c3c(c1)C(=CC(=O)c1cc4ccccc4oc1=O)C(=O)N3C(C)(C)C=C2C. The van der Waals surface area contributed by atoms with Crippen LogP contribution in [0.3, 0.4) is 0 Å². The van der Waals surface area contributed by atoms with Crippen LogP contribution in [-0.2, 0) is 4.79 Å². The Hall–Kier alpha value is -3.93. The first-order valence-corrected chi connectivity index (χ1v) is 10.9. The van der Waals surface area contributed by atoms with Crippen LogP contribution in [0.25, 0.3) is 22.1 Å². The zero-order valence-electron chi connectivity index (χ0n) is 18.9. The van der Waals surface area contributed by atoms with Crippen LogP contribution in [0.2, 0.25) is 0 Å². The molecule has 0 aliphatic carbocycles. The van der Waals surface area contributed by atoms with Gasteiger partial charge in [0.05, 0.1) is 23.4 Å². The largest absolute Gasteiger partial charge is 0.494 e. The third-order valence-corrected chi connectivity index (χ3v) is 6.09. The minimum Gasteiger partial charge on any atom is -0.494 e. The fourth-order valence-corrected chi connectivity index (χ4v) is 4.75. The number of carbonyl (C=O) groups is 2. The van der Waals surface area contributed by atoms with Gasteiger partial charge in [0.25, 0.3) is 5.91 Å². The van der Waals surface area contributed by atoms with Gasteiger partial charge in [0.2, 0.25) is 0 Å². The number of anilines is 1. The highest BCUT2D eigenvalue weighted by Gasteiger charge is 2.45. The molecule has 0 spiro atoms. The Kier molecular flexibility index (Phi) is 4.64. The van der Waals surface area contributed by atoms with Gasteiger partial charge in [0, 0.05) is 16.5 Å². The van der Waals surface area contributed by atoms with E-state index < -0.39 is 16.9 Å². The Bertz CT molecular complexity index is 1470. The number of rotatable bonds is 4. The molecule has 1 amide bonds. The van der Waals surface area contributed by atoms with Crippen LogP contribution < -0.4 is 15.3 Å². The smallest absolute Gasteiger partial charge is 0.347 e. The van der Waals surface area contributed by atoms with Crippen molar-refractivity contribution in [1.82, 2.24) is 0 Å². The molecule has 2 aliphatic rings. The summed E-state index contributed by atoms with van der Waals surface area (Å²) in [5.41, 5.74) is 2.54. The molecular formula is C27H23NO5. The molecular weight excluding hydrogens is 418 g/mol. The van der Waals surface area contributed by atoms with Gasteiger partial charge in [0.1, 0.15) is 16.9 Å². The van der Waals surface area contributed by atoms with Gasteiger partial charge in [-0.2, -0.15) is 0 Å². The first-order valence-electron chi connectivity index (χ1n) is 10.9. The molecule has 0 unspecified atom stereocenters. The van der Waals surface area contributed by atoms with E-state index in [0.717, 1.165) is 16.8 Å². The lowest BCUT2D eigenvalue weighted by molar-refractivity contribution is -0.113. The number of hydrogen-bond donors (Lipinski definition) is 0. The fourth-order valence-electron chi connectivity index (χ4n) is 4.75. The summed E-state index contributed by atoms with van der Waals surface area (Å²) < 4.78 is 11.1. The Morgan fingerprint density at radius 3 is 2.61 bits per heavy atom. The third-order valence-electron chi connectivity index (χ3n) is 6.09. The van der Waals surface area contributed by atoms with Gasteiger partial charge in [-0.25, -0.2) is 4.79 Å². The zero-order valence-corrected chi connectivity index (χ0v) is 18.9. The van der Waals surface area contributed by atoms with Gasteiger partial charge in [-0.3, -0.25) is 14.5 Å². The Morgan fingerprint density at radius 2 is 1.85 bits per heavy atom. The maximum atomic E-state index is 13.6. The highest BCUT2D eigenvalue weighted by atomic mass is 16.5. The summed E-state index contributed by atoms with van der Waals surface area (Å²) in [5, 5.41) is 0.637. The minimum atomic E-state index is -0.732. The summed E-state index contributed by atoms with van der Waals surface area (Å²) in [6.45, 7) is 8.28. The summed E-state index contributed by atoms with van der Waals surface area (Å²) in [6.07, 6.45) is 3.29. The molecule has 0 radical (unpaired) electrons. The minimum absolute atomic E-state index is 0.112. The van der Waals surface area contributed by atoms with Crippen LogP contribution in [0.4, 0.5) is 5.69 Å². The number of hydrogen-bond acceptors (Lipinski definition) is 5. The molecule has 0 saturated heterocycles. The monoisotopic (exact) mass is 441 g/mol. The average molecular weight is 441 g/mol. The number of carbonyl (C=O) groups excluding carboxylic acids is 2. The number of fused-ring (bicyclic) bond motifs is 1. The van der Waals surface area contributed by atoms with Crippen LogP contribution >= 0.6 is 0 Å². The number of benzene rings is 2. The Morgan fingerprint density at radius 1 is 1.12 bits per heavy atom. The van der Waals surface area contributed by atoms with Gasteiger partial charge in [-0.05, 0) is 63.6 Å². The molecule has 33 heavy (non-hydrogen) atoms. The van der Waals surface area contributed by atoms with E-state index in [1.807, 2.05) is 39.8 Å². The number of allylic oxidation sites excluding steroid dienone is 2. The topological polar surface area (TPSA) is 76.8 Å². The Balaban J connectivity index is 1.69. The molecule has 0 N–H and O–H groups in total. The number of para-hydroxylation sites is 1. The van der Waals surface area contributed by atoms with E-state index in [2.05, 4.69) is 0 Å². The van der Waals surface area contributed by atoms with Crippen molar-refractivity contribution in [3.05, 3.63) is 81.7 Å². The maximum Gasteiger partial charge on any atom is 0.347 e. The van der Waals surface area contributed by atoms with Crippen LogP contribution in [0.1, 0.15) is 49.2 Å². The first kappa shape index (κ1) is 20.9. The second-order valence-corrected chi connectivity index (χ2v) is 8.83. The number of amides is 1. The summed E-state index contributed by atoms with van der Waals surface area (Å²) in [6, 6.07) is 12.2. The van der Waals surface area contributed by atoms with Gasteiger partial charge >= 0.3 is 5.63 Å². The standard InChI is InChI=1S/C27H23NO5/c1-5-32-17-11-18-15(2)14-27(3,4)28-24(18)19(12-17)20(25(28)30)13-22(29)21-10-16-8-6-7-9-23(16)33-26(21)31/h6-14H,5H2,1-4H3. The lowest BCUT2D eigenvalue weighted by atomic mass is 9.89. The van der Waals surface area contributed by atoms with Gasteiger partial charge < -0.3 is 9.15 Å². The second-order valence-electron chi connectivity index (χ2n) is 8.83. The molecule has 0 atom stereocenters. The maximum absolute atomic E-state index is 13.6. The molecule has 0 saturated carbocycles. The number of nitrogens with zero attached hydrogens (tertiary/aromatic N) is 1. The second kappa shape index (κ2) is 7.30. The van der Waals surface area contributed by atoms with E-state index in [0.29, 0.717) is 28.9 Å². The normalized spacial score (nSPS) is 17.3. The van der Waals surface area contributed by atoms with E-state index in [-0.39, 0.29) is 17.0 Å². The van der Waals surface area contributed by atoms with E-state index in [4.69, 9.17) is 9.15 Å². The summed E-state index contributed by atoms with van der Waals surface area (Å²) in [4.78, 5) is 41.0. The van der Waals surface area contributed by atoms with Gasteiger partial charge in [-0.1, -0.05) is 24.3 Å². The van der Waals surface area contributed by atoms with Crippen LogP contribution in [0.5, 0.6) is 5.75 Å². The van der Waals surface area contributed by atoms with E-state index in [1.165, 1.54) is 12.1 Å². The number of ketones is 1. The third kappa shape index (κ3) is 3.21. The average Bonchev–Trinajstić information content (AvgIpc) is 3.04. The molecule has 3 heterocycles. The van der Waals surface area contributed by atoms with E-state index in [9.17, 15) is 14.4 Å². The highest BCUT2D eigenvalue weighted by molar-refractivity contribution is 6.37. The summed E-state index contributed by atoms with van der Waals surface area (Å²) >= 11 is 0. The fraction of sp³-hybridized carbons (Fsp3) is 0.222. The van der Waals surface area contributed by atoms with E-state index >= 15 is 0 Å². The molecule has 0 bridgehead atoms. The van der Waals surface area contributed by atoms with Crippen LogP contribution in [0, 0.1) is 0 Å². The quantitative estimate of drug-likeness (QED) is 0.324. The van der Waals surface area contributed by atoms with Gasteiger partial charge in [0.15, 0.2) is 5.78 Å². The lowest BCUT2D eigenvalue weighted by Gasteiger charge is -2.38. The highest BCUT2D eigenvalue weighted by Crippen LogP contribution is 2.50. The molecule has 6 heteroatoms. The van der Waals surface area contributed by atoms with Crippen molar-refractivity contribution in [2.24, 2.45) is 0 Å². The van der Waals surface area contributed by atoms with Crippen molar-refractivity contribution in [3.8, 4) is 5.75 Å². The molecule has 166 valence electrons. The molecule has 2 aliphatic heterocycles. The molecule has 5 rings (SSSR count). The van der Waals surface area contributed by atoms with Crippen molar-refractivity contribution in [1.29, 1.82) is 0 Å². The van der Waals surface area contributed by atoms with Crippen LogP contribution in [0.15, 0.2) is 63.8 Å². The van der Waals surface area contributed by atoms with E-state index in [1.54, 1.807) is 35.2 Å². The first-order chi connectivity index (χ1) is 15.7. The Labute approximate surface area is 190 Å². The molecule has 2 aromatic carbocycles. The van der Waals surface area contributed by atoms with Crippen molar-refractivity contribution in [2.75, 3.05) is 11.5 Å². The summed E-state index contributed by atoms with van der Waals surface area (Å²) in [5.74, 6) is -0.236. The predicted molar refractivity (Wildman–Crippen MR) is 128 cm³/mol. The van der Waals surface area contributed by atoms with Crippen molar-refractivity contribution in [2.45, 2.75) is 33.2 Å². The van der Waals surface area contributed by atoms with Crippen LogP contribution in [-0.4, -0.2) is 23.8 Å². The van der Waals surface area contributed by atoms with Crippen molar-refractivity contribution in [3.63, 3.8) is 0 Å². The molecule has 0 fully saturated rings. The van der Waals surface area contributed by atoms with Gasteiger partial charge in [-0.15, -0.1) is 0 Å². The molecule has 1 aromatic heterocycles. The molecule has 3 aromatic rings. The lowest BCUT2D eigenvalue weighted by Crippen LogP contribution is -2.46.